The molecule has 0 atom stereocenters. The van der Waals surface area contributed by atoms with E-state index >= 15 is 0 Å². The van der Waals surface area contributed by atoms with E-state index in [-0.39, 0.29) is 12.5 Å². The molecule has 1 amide bonds. The molecule has 4 N–H and O–H groups in total. The number of para-hydroxylation sites is 1. The third-order valence-corrected chi connectivity index (χ3v) is 2.47. The molecule has 0 saturated carbocycles. The molecule has 0 heterocycles. The Balaban J connectivity index is 2.45. The highest BCUT2D eigenvalue weighted by molar-refractivity contribution is 5.82. The summed E-state index contributed by atoms with van der Waals surface area (Å²) in [5.74, 6) is 0.447. The maximum Gasteiger partial charge on any atom is 0.239 e. The third-order valence-electron chi connectivity index (χ3n) is 2.47. The highest BCUT2D eigenvalue weighted by atomic mass is 16.1. The van der Waals surface area contributed by atoms with Gasteiger partial charge in [0.1, 0.15) is 0 Å². The summed E-state index contributed by atoms with van der Waals surface area (Å²) in [5.41, 5.74) is 8.42. The van der Waals surface area contributed by atoms with Gasteiger partial charge >= 0.3 is 0 Å². The Bertz CT molecular complexity index is 388. The number of amides is 1. The molecule has 0 bridgehead atoms. The van der Waals surface area contributed by atoms with Gasteiger partial charge in [-0.1, -0.05) is 26.0 Å². The second-order valence-corrected chi connectivity index (χ2v) is 4.59. The lowest BCUT2D eigenvalue weighted by molar-refractivity contribution is -0.119. The van der Waals surface area contributed by atoms with Crippen molar-refractivity contribution >= 4 is 17.3 Å². The first-order valence-corrected chi connectivity index (χ1v) is 5.86. The molecule has 0 aliphatic rings. The standard InChI is InChI=1S/C13H21N3O/c1-9(2)7-16-12(17)8-15-11-6-4-5-10(3)13(11)14/h4-6,9,15H,7-8,14H2,1-3H3,(H,16,17). The maximum atomic E-state index is 11.5. The Hall–Kier alpha value is -1.71. The van der Waals surface area contributed by atoms with Crippen LogP contribution in [0.15, 0.2) is 18.2 Å². The molecule has 0 saturated heterocycles. The first-order chi connectivity index (χ1) is 8.00. The summed E-state index contributed by atoms with van der Waals surface area (Å²) in [6, 6.07) is 5.73. The quantitative estimate of drug-likeness (QED) is 0.681. The number of nitrogen functional groups attached to an aromatic ring is 1. The molecule has 94 valence electrons. The fraction of sp³-hybridized carbons (Fsp3) is 0.462. The van der Waals surface area contributed by atoms with Crippen molar-refractivity contribution in [1.29, 1.82) is 0 Å². The van der Waals surface area contributed by atoms with Crippen LogP contribution in [0.1, 0.15) is 19.4 Å². The highest BCUT2D eigenvalue weighted by Crippen LogP contribution is 2.21. The Morgan fingerprint density at radius 1 is 1.41 bits per heavy atom. The molecule has 4 nitrogen and oxygen atoms in total. The van der Waals surface area contributed by atoms with Gasteiger partial charge in [0, 0.05) is 6.54 Å². The molecule has 1 rings (SSSR count). The van der Waals surface area contributed by atoms with Gasteiger partial charge in [0.25, 0.3) is 0 Å². The number of anilines is 2. The average molecular weight is 235 g/mol. The lowest BCUT2D eigenvalue weighted by atomic mass is 10.2. The van der Waals surface area contributed by atoms with Gasteiger partial charge < -0.3 is 16.4 Å². The fourth-order valence-electron chi connectivity index (χ4n) is 1.39. The lowest BCUT2D eigenvalue weighted by Gasteiger charge is -2.12. The highest BCUT2D eigenvalue weighted by Gasteiger charge is 2.04. The summed E-state index contributed by atoms with van der Waals surface area (Å²) >= 11 is 0. The van der Waals surface area contributed by atoms with E-state index in [2.05, 4.69) is 24.5 Å². The summed E-state index contributed by atoms with van der Waals surface area (Å²) in [6.45, 7) is 7.02. The van der Waals surface area contributed by atoms with Crippen LogP contribution in [0.2, 0.25) is 0 Å². The molecule has 1 aromatic carbocycles. The van der Waals surface area contributed by atoms with Gasteiger partial charge in [0.15, 0.2) is 0 Å². The summed E-state index contributed by atoms with van der Waals surface area (Å²) in [7, 11) is 0. The van der Waals surface area contributed by atoms with E-state index in [0.717, 1.165) is 11.3 Å². The Morgan fingerprint density at radius 3 is 2.76 bits per heavy atom. The Morgan fingerprint density at radius 2 is 2.12 bits per heavy atom. The molecular weight excluding hydrogens is 214 g/mol. The Kier molecular flexibility index (Phi) is 4.82. The summed E-state index contributed by atoms with van der Waals surface area (Å²) in [5, 5.41) is 5.88. The van der Waals surface area contributed by atoms with Gasteiger partial charge in [-0.15, -0.1) is 0 Å². The van der Waals surface area contributed by atoms with Crippen molar-refractivity contribution < 1.29 is 4.79 Å². The van der Waals surface area contributed by atoms with Crippen molar-refractivity contribution in [3.8, 4) is 0 Å². The van der Waals surface area contributed by atoms with Crippen molar-refractivity contribution in [1.82, 2.24) is 5.32 Å². The summed E-state index contributed by atoms with van der Waals surface area (Å²) in [6.07, 6.45) is 0. The Labute approximate surface area is 103 Å². The van der Waals surface area contributed by atoms with Crippen molar-refractivity contribution in [2.24, 2.45) is 5.92 Å². The fourth-order valence-corrected chi connectivity index (χ4v) is 1.39. The van der Waals surface area contributed by atoms with Gasteiger partial charge in [0.2, 0.25) is 5.91 Å². The molecule has 0 fully saturated rings. The van der Waals surface area contributed by atoms with Gasteiger partial charge in [-0.3, -0.25) is 4.79 Å². The van der Waals surface area contributed by atoms with Crippen molar-refractivity contribution in [2.45, 2.75) is 20.8 Å². The number of nitrogens with two attached hydrogens (primary N) is 1. The molecule has 0 aliphatic carbocycles. The van der Waals surface area contributed by atoms with Crippen molar-refractivity contribution in [2.75, 3.05) is 24.1 Å². The topological polar surface area (TPSA) is 67.2 Å². The van der Waals surface area contributed by atoms with E-state index in [4.69, 9.17) is 5.73 Å². The van der Waals surface area contributed by atoms with E-state index in [1.54, 1.807) is 0 Å². The van der Waals surface area contributed by atoms with Crippen molar-refractivity contribution in [3.05, 3.63) is 23.8 Å². The number of aryl methyl sites for hydroxylation is 1. The summed E-state index contributed by atoms with van der Waals surface area (Å²) < 4.78 is 0. The van der Waals surface area contributed by atoms with E-state index in [9.17, 15) is 4.79 Å². The molecule has 0 spiro atoms. The van der Waals surface area contributed by atoms with Crippen LogP contribution < -0.4 is 16.4 Å². The normalized spacial score (nSPS) is 10.4. The van der Waals surface area contributed by atoms with E-state index in [1.807, 2.05) is 25.1 Å². The molecule has 0 aromatic heterocycles. The molecule has 0 unspecified atom stereocenters. The molecule has 0 radical (unpaired) electrons. The number of carbonyl (C=O) groups excluding carboxylic acids is 1. The van der Waals surface area contributed by atoms with Crippen LogP contribution in [0.4, 0.5) is 11.4 Å². The van der Waals surface area contributed by atoms with Crippen LogP contribution in [0.3, 0.4) is 0 Å². The van der Waals surface area contributed by atoms with Crippen LogP contribution in [-0.2, 0) is 4.79 Å². The monoisotopic (exact) mass is 235 g/mol. The van der Waals surface area contributed by atoms with Gasteiger partial charge in [-0.05, 0) is 24.5 Å². The predicted molar refractivity (Wildman–Crippen MR) is 71.9 cm³/mol. The number of nitrogens with one attached hydrogen (secondary N) is 2. The largest absolute Gasteiger partial charge is 0.397 e. The van der Waals surface area contributed by atoms with Crippen LogP contribution in [0.25, 0.3) is 0 Å². The van der Waals surface area contributed by atoms with Crippen molar-refractivity contribution in [3.63, 3.8) is 0 Å². The first-order valence-electron chi connectivity index (χ1n) is 5.86. The zero-order valence-electron chi connectivity index (χ0n) is 10.7. The molecule has 4 heteroatoms. The third kappa shape index (κ3) is 4.34. The van der Waals surface area contributed by atoms with E-state index in [1.165, 1.54) is 0 Å². The second-order valence-electron chi connectivity index (χ2n) is 4.59. The van der Waals surface area contributed by atoms with Crippen LogP contribution in [-0.4, -0.2) is 19.0 Å². The minimum atomic E-state index is -0.0143. The van der Waals surface area contributed by atoms with Crippen LogP contribution in [0.5, 0.6) is 0 Å². The van der Waals surface area contributed by atoms with Gasteiger partial charge in [-0.25, -0.2) is 0 Å². The van der Waals surface area contributed by atoms with E-state index in [0.29, 0.717) is 18.2 Å². The maximum absolute atomic E-state index is 11.5. The van der Waals surface area contributed by atoms with E-state index < -0.39 is 0 Å². The molecule has 1 aromatic rings. The smallest absolute Gasteiger partial charge is 0.239 e. The first kappa shape index (κ1) is 13.4. The van der Waals surface area contributed by atoms with Crippen LogP contribution >= 0.6 is 0 Å². The zero-order valence-corrected chi connectivity index (χ0v) is 10.7. The average Bonchev–Trinajstić information content (AvgIpc) is 2.28. The minimum Gasteiger partial charge on any atom is -0.397 e. The number of hydrogen-bond acceptors (Lipinski definition) is 3. The van der Waals surface area contributed by atoms with Gasteiger partial charge in [-0.2, -0.15) is 0 Å². The van der Waals surface area contributed by atoms with Crippen LogP contribution in [0, 0.1) is 12.8 Å². The second kappa shape index (κ2) is 6.13. The number of rotatable bonds is 5. The zero-order chi connectivity index (χ0) is 12.8. The van der Waals surface area contributed by atoms with Gasteiger partial charge in [0.05, 0.1) is 17.9 Å². The summed E-state index contributed by atoms with van der Waals surface area (Å²) in [4.78, 5) is 11.5. The number of carbonyl (C=O) groups is 1. The predicted octanol–water partition coefficient (Wildman–Crippen LogP) is 1.76. The molecule has 0 aliphatic heterocycles. The number of benzene rings is 1. The lowest BCUT2D eigenvalue weighted by Crippen LogP contribution is -2.32. The minimum absolute atomic E-state index is 0.0143. The number of hydrogen-bond donors (Lipinski definition) is 3. The molecule has 17 heavy (non-hydrogen) atoms. The molecular formula is C13H21N3O. The SMILES string of the molecule is Cc1cccc(NCC(=O)NCC(C)C)c1N.